The van der Waals surface area contributed by atoms with Crippen molar-refractivity contribution in [2.45, 2.75) is 32.8 Å². The number of carbonyl (C=O) groups is 1. The molecule has 2 rings (SSSR count). The van der Waals surface area contributed by atoms with E-state index in [0.717, 1.165) is 36.7 Å². The number of amides is 1. The first-order valence-electron chi connectivity index (χ1n) is 8.26. The maximum Gasteiger partial charge on any atom is 0.407 e. The first kappa shape index (κ1) is 18.2. The molecule has 1 aromatic carbocycles. The van der Waals surface area contributed by atoms with Gasteiger partial charge in [-0.2, -0.15) is 0 Å². The molecule has 0 saturated carbocycles. The van der Waals surface area contributed by atoms with E-state index in [1.54, 1.807) is 14.2 Å². The summed E-state index contributed by atoms with van der Waals surface area (Å²) >= 11 is 0. The molecule has 0 spiro atoms. The zero-order chi connectivity index (χ0) is 17.7. The number of hydrogen-bond donors (Lipinski definition) is 1. The van der Waals surface area contributed by atoms with Gasteiger partial charge in [-0.1, -0.05) is 0 Å². The van der Waals surface area contributed by atoms with E-state index in [0.29, 0.717) is 12.5 Å². The molecule has 0 aliphatic carbocycles. The number of nitrogens with zero attached hydrogens (tertiary/aromatic N) is 1. The van der Waals surface area contributed by atoms with Crippen molar-refractivity contribution in [2.24, 2.45) is 5.92 Å². The van der Waals surface area contributed by atoms with Crippen LogP contribution in [0.3, 0.4) is 0 Å². The normalized spacial score (nSPS) is 17.5. The van der Waals surface area contributed by atoms with Gasteiger partial charge in [-0.05, 0) is 45.2 Å². The molecule has 1 amide bonds. The predicted octanol–water partition coefficient (Wildman–Crippen LogP) is 3.05. The van der Waals surface area contributed by atoms with Crippen LogP contribution in [0.4, 0.5) is 10.5 Å². The smallest absolute Gasteiger partial charge is 0.407 e. The lowest BCUT2D eigenvalue weighted by Crippen LogP contribution is -2.36. The minimum atomic E-state index is -0.470. The van der Waals surface area contributed by atoms with Gasteiger partial charge in [-0.3, -0.25) is 0 Å². The molecule has 1 unspecified atom stereocenters. The molecular formula is C18H28N2O4. The van der Waals surface area contributed by atoms with Crippen LogP contribution in [0, 0.1) is 5.92 Å². The van der Waals surface area contributed by atoms with Gasteiger partial charge < -0.3 is 24.4 Å². The summed E-state index contributed by atoms with van der Waals surface area (Å²) in [5.74, 6) is 1.97. The summed E-state index contributed by atoms with van der Waals surface area (Å²) in [6.45, 7) is 8.01. The van der Waals surface area contributed by atoms with Gasteiger partial charge in [0.25, 0.3) is 0 Å². The zero-order valence-corrected chi connectivity index (χ0v) is 15.2. The minimum absolute atomic E-state index is 0.358. The highest BCUT2D eigenvalue weighted by Gasteiger charge is 2.26. The number of hydrogen-bond acceptors (Lipinski definition) is 5. The molecule has 24 heavy (non-hydrogen) atoms. The molecule has 6 heteroatoms. The molecule has 1 N–H and O–H groups in total. The van der Waals surface area contributed by atoms with Crippen molar-refractivity contribution in [1.29, 1.82) is 0 Å². The van der Waals surface area contributed by atoms with Crippen molar-refractivity contribution in [3.8, 4) is 11.5 Å². The van der Waals surface area contributed by atoms with E-state index in [4.69, 9.17) is 14.2 Å². The molecule has 0 aromatic heterocycles. The topological polar surface area (TPSA) is 60.0 Å². The summed E-state index contributed by atoms with van der Waals surface area (Å²) in [5.41, 5.74) is 0.584. The molecule has 1 saturated heterocycles. The Labute approximate surface area is 144 Å². The lowest BCUT2D eigenvalue weighted by Gasteiger charge is -2.22. The van der Waals surface area contributed by atoms with Gasteiger partial charge in [-0.15, -0.1) is 0 Å². The number of rotatable bonds is 5. The largest absolute Gasteiger partial charge is 0.497 e. The van der Waals surface area contributed by atoms with E-state index < -0.39 is 5.60 Å². The van der Waals surface area contributed by atoms with Crippen LogP contribution in [-0.4, -0.2) is 45.5 Å². The van der Waals surface area contributed by atoms with Crippen LogP contribution < -0.4 is 19.7 Å². The Balaban J connectivity index is 1.90. The highest BCUT2D eigenvalue weighted by Crippen LogP contribution is 2.35. The number of ether oxygens (including phenoxy) is 3. The molecule has 0 radical (unpaired) electrons. The fraction of sp³-hybridized carbons (Fsp3) is 0.611. The van der Waals surface area contributed by atoms with E-state index in [1.807, 2.05) is 39.0 Å². The summed E-state index contributed by atoms with van der Waals surface area (Å²) < 4.78 is 16.0. The molecule has 1 aliphatic heterocycles. The molecule has 1 heterocycles. The Morgan fingerprint density at radius 3 is 2.67 bits per heavy atom. The number of anilines is 1. The Hall–Kier alpha value is -2.11. The monoisotopic (exact) mass is 336 g/mol. The fourth-order valence-corrected chi connectivity index (χ4v) is 2.81. The molecule has 6 nitrogen and oxygen atoms in total. The molecular weight excluding hydrogens is 308 g/mol. The third kappa shape index (κ3) is 4.94. The quantitative estimate of drug-likeness (QED) is 0.895. The van der Waals surface area contributed by atoms with E-state index in [-0.39, 0.29) is 6.09 Å². The van der Waals surface area contributed by atoms with Crippen molar-refractivity contribution in [3.05, 3.63) is 18.2 Å². The Morgan fingerprint density at radius 2 is 2.04 bits per heavy atom. The van der Waals surface area contributed by atoms with Crippen molar-refractivity contribution in [1.82, 2.24) is 5.32 Å². The molecule has 0 bridgehead atoms. The van der Waals surface area contributed by atoms with E-state index in [9.17, 15) is 4.79 Å². The summed E-state index contributed by atoms with van der Waals surface area (Å²) in [7, 11) is 3.30. The van der Waals surface area contributed by atoms with Crippen molar-refractivity contribution in [2.75, 3.05) is 38.8 Å². The lowest BCUT2D eigenvalue weighted by molar-refractivity contribution is 0.0520. The van der Waals surface area contributed by atoms with Gasteiger partial charge in [0, 0.05) is 25.7 Å². The summed E-state index contributed by atoms with van der Waals surface area (Å²) in [4.78, 5) is 14.0. The van der Waals surface area contributed by atoms with Crippen LogP contribution in [0.5, 0.6) is 11.5 Å². The van der Waals surface area contributed by atoms with Crippen LogP contribution in [0.1, 0.15) is 27.2 Å². The number of carbonyl (C=O) groups excluding carboxylic acids is 1. The summed E-state index contributed by atoms with van der Waals surface area (Å²) in [5, 5.41) is 2.86. The zero-order valence-electron chi connectivity index (χ0n) is 15.2. The Bertz CT molecular complexity index is 569. The first-order valence-corrected chi connectivity index (χ1v) is 8.26. The SMILES string of the molecule is COc1ccc(N2CCC(CNC(=O)OC(C)(C)C)C2)c(OC)c1. The van der Waals surface area contributed by atoms with Crippen LogP contribution in [0.15, 0.2) is 18.2 Å². The number of nitrogens with one attached hydrogen (secondary N) is 1. The molecule has 1 fully saturated rings. The second-order valence-electron chi connectivity index (χ2n) is 7.02. The third-order valence-electron chi connectivity index (χ3n) is 3.95. The maximum atomic E-state index is 11.8. The Kier molecular flexibility index (Phi) is 5.80. The van der Waals surface area contributed by atoms with Gasteiger partial charge in [0.1, 0.15) is 17.1 Å². The van der Waals surface area contributed by atoms with Gasteiger partial charge in [0.15, 0.2) is 0 Å². The van der Waals surface area contributed by atoms with Crippen molar-refractivity contribution in [3.63, 3.8) is 0 Å². The molecule has 1 aromatic rings. The average Bonchev–Trinajstić information content (AvgIpc) is 2.99. The van der Waals surface area contributed by atoms with Crippen LogP contribution in [-0.2, 0) is 4.74 Å². The van der Waals surface area contributed by atoms with E-state index in [2.05, 4.69) is 10.2 Å². The van der Waals surface area contributed by atoms with Crippen LogP contribution >= 0.6 is 0 Å². The Morgan fingerprint density at radius 1 is 1.29 bits per heavy atom. The average molecular weight is 336 g/mol. The second-order valence-corrected chi connectivity index (χ2v) is 7.02. The van der Waals surface area contributed by atoms with Crippen LogP contribution in [0.25, 0.3) is 0 Å². The van der Waals surface area contributed by atoms with Crippen molar-refractivity contribution >= 4 is 11.8 Å². The lowest BCUT2D eigenvalue weighted by atomic mass is 10.1. The highest BCUT2D eigenvalue weighted by molar-refractivity contribution is 5.67. The van der Waals surface area contributed by atoms with Gasteiger partial charge >= 0.3 is 6.09 Å². The highest BCUT2D eigenvalue weighted by atomic mass is 16.6. The summed E-state index contributed by atoms with van der Waals surface area (Å²) in [6.07, 6.45) is 0.660. The van der Waals surface area contributed by atoms with E-state index in [1.165, 1.54) is 0 Å². The molecule has 134 valence electrons. The van der Waals surface area contributed by atoms with Crippen LogP contribution in [0.2, 0.25) is 0 Å². The predicted molar refractivity (Wildman–Crippen MR) is 94.1 cm³/mol. The summed E-state index contributed by atoms with van der Waals surface area (Å²) in [6, 6.07) is 5.84. The fourth-order valence-electron chi connectivity index (χ4n) is 2.81. The van der Waals surface area contributed by atoms with Gasteiger partial charge in [-0.25, -0.2) is 4.79 Å². The molecule has 1 atom stereocenters. The van der Waals surface area contributed by atoms with Gasteiger partial charge in [0.2, 0.25) is 0 Å². The minimum Gasteiger partial charge on any atom is -0.497 e. The number of methoxy groups -OCH3 is 2. The van der Waals surface area contributed by atoms with E-state index >= 15 is 0 Å². The van der Waals surface area contributed by atoms with Crippen molar-refractivity contribution < 1.29 is 19.0 Å². The third-order valence-corrected chi connectivity index (χ3v) is 3.95. The molecule has 1 aliphatic rings. The number of alkyl carbamates (subject to hydrolysis) is 1. The number of benzene rings is 1. The second kappa shape index (κ2) is 7.64. The first-order chi connectivity index (χ1) is 11.3. The standard InChI is InChI=1S/C18H28N2O4/c1-18(2,3)24-17(21)19-11-13-8-9-20(12-13)15-7-6-14(22-4)10-16(15)23-5/h6-7,10,13H,8-9,11-12H2,1-5H3,(H,19,21). The van der Waals surface area contributed by atoms with Gasteiger partial charge in [0.05, 0.1) is 19.9 Å². The maximum absolute atomic E-state index is 11.8.